The van der Waals surface area contributed by atoms with E-state index in [1.807, 2.05) is 6.92 Å². The zero-order chi connectivity index (χ0) is 10.9. The van der Waals surface area contributed by atoms with Crippen molar-refractivity contribution in [3.63, 3.8) is 0 Å². The Bertz CT molecular complexity index is 336. The van der Waals surface area contributed by atoms with E-state index in [-0.39, 0.29) is 0 Å². The Morgan fingerprint density at radius 1 is 1.53 bits per heavy atom. The average molecular weight is 208 g/mol. The number of nitrogen functional groups attached to an aromatic ring is 1. The summed E-state index contributed by atoms with van der Waals surface area (Å²) in [6.07, 6.45) is 4.06. The molecule has 5 heteroatoms. The monoisotopic (exact) mass is 208 g/mol. The maximum atomic E-state index is 9.79. The van der Waals surface area contributed by atoms with Crippen LogP contribution in [0.15, 0.2) is 12.4 Å². The minimum Gasteiger partial charge on any atom is -0.389 e. The van der Waals surface area contributed by atoms with Gasteiger partial charge in [0.2, 0.25) is 0 Å². The van der Waals surface area contributed by atoms with E-state index >= 15 is 0 Å². The first-order valence-electron chi connectivity index (χ1n) is 5.06. The highest BCUT2D eigenvalue weighted by Gasteiger charge is 2.31. The van der Waals surface area contributed by atoms with Crippen molar-refractivity contribution in [3.8, 4) is 0 Å². The second-order valence-electron chi connectivity index (χ2n) is 4.39. The molecule has 1 aliphatic heterocycles. The fraction of sp³-hybridized carbons (Fsp3) is 0.600. The lowest BCUT2D eigenvalue weighted by atomic mass is 10.1. The molecule has 1 aliphatic rings. The molecular weight excluding hydrogens is 192 g/mol. The van der Waals surface area contributed by atoms with Crippen LogP contribution >= 0.6 is 0 Å². The lowest BCUT2D eigenvalue weighted by Crippen LogP contribution is -2.29. The summed E-state index contributed by atoms with van der Waals surface area (Å²) in [6.45, 7) is 4.18. The zero-order valence-corrected chi connectivity index (χ0v) is 8.85. The van der Waals surface area contributed by atoms with Gasteiger partial charge in [-0.25, -0.2) is 4.98 Å². The maximum absolute atomic E-state index is 9.79. The SMILES string of the molecule is CC1(O)CCN(Cc2cnc(N)cn2)C1. The number of likely N-dealkylation sites (tertiary alicyclic amines) is 1. The lowest BCUT2D eigenvalue weighted by Gasteiger charge is -2.18. The summed E-state index contributed by atoms with van der Waals surface area (Å²) in [4.78, 5) is 10.3. The average Bonchev–Trinajstić information content (AvgIpc) is 2.50. The molecule has 0 amide bonds. The van der Waals surface area contributed by atoms with Gasteiger partial charge in [0, 0.05) is 19.6 Å². The molecule has 1 fully saturated rings. The topological polar surface area (TPSA) is 75.3 Å². The van der Waals surface area contributed by atoms with E-state index in [0.29, 0.717) is 12.4 Å². The van der Waals surface area contributed by atoms with Gasteiger partial charge in [-0.05, 0) is 13.3 Å². The van der Waals surface area contributed by atoms with Crippen LogP contribution in [0.3, 0.4) is 0 Å². The lowest BCUT2D eigenvalue weighted by molar-refractivity contribution is 0.0677. The Morgan fingerprint density at radius 3 is 2.87 bits per heavy atom. The van der Waals surface area contributed by atoms with E-state index < -0.39 is 5.60 Å². The smallest absolute Gasteiger partial charge is 0.141 e. The van der Waals surface area contributed by atoms with Crippen LogP contribution < -0.4 is 5.73 Å². The Morgan fingerprint density at radius 2 is 2.33 bits per heavy atom. The summed E-state index contributed by atoms with van der Waals surface area (Å²) in [6, 6.07) is 0. The molecule has 0 radical (unpaired) electrons. The molecule has 0 bridgehead atoms. The van der Waals surface area contributed by atoms with Gasteiger partial charge in [-0.3, -0.25) is 9.88 Å². The minimum absolute atomic E-state index is 0.437. The van der Waals surface area contributed by atoms with Gasteiger partial charge in [-0.1, -0.05) is 0 Å². The molecule has 1 aromatic heterocycles. The summed E-state index contributed by atoms with van der Waals surface area (Å²) >= 11 is 0. The van der Waals surface area contributed by atoms with Gasteiger partial charge in [0.15, 0.2) is 0 Å². The predicted octanol–water partition coefficient (Wildman–Crippen LogP) is 0.0155. The fourth-order valence-corrected chi connectivity index (χ4v) is 1.85. The first kappa shape index (κ1) is 10.3. The van der Waals surface area contributed by atoms with E-state index in [4.69, 9.17) is 5.73 Å². The fourth-order valence-electron chi connectivity index (χ4n) is 1.85. The van der Waals surface area contributed by atoms with Crippen molar-refractivity contribution in [1.82, 2.24) is 14.9 Å². The Balaban J connectivity index is 1.96. The van der Waals surface area contributed by atoms with Crippen LogP contribution in [0.1, 0.15) is 19.0 Å². The maximum Gasteiger partial charge on any atom is 0.141 e. The molecule has 0 saturated carbocycles. The molecule has 82 valence electrons. The van der Waals surface area contributed by atoms with Gasteiger partial charge in [-0.15, -0.1) is 0 Å². The van der Waals surface area contributed by atoms with E-state index in [1.165, 1.54) is 0 Å². The van der Waals surface area contributed by atoms with Crippen molar-refractivity contribution in [3.05, 3.63) is 18.1 Å². The normalized spacial score (nSPS) is 27.1. The molecule has 5 nitrogen and oxygen atoms in total. The van der Waals surface area contributed by atoms with Gasteiger partial charge < -0.3 is 10.8 Å². The van der Waals surface area contributed by atoms with Gasteiger partial charge in [0.25, 0.3) is 0 Å². The molecule has 1 unspecified atom stereocenters. The van der Waals surface area contributed by atoms with Crippen LogP contribution in [0.2, 0.25) is 0 Å². The molecule has 1 atom stereocenters. The summed E-state index contributed by atoms with van der Waals surface area (Å²) in [5.41, 5.74) is 5.79. The van der Waals surface area contributed by atoms with Gasteiger partial charge >= 0.3 is 0 Å². The summed E-state index contributed by atoms with van der Waals surface area (Å²) < 4.78 is 0. The number of aliphatic hydroxyl groups is 1. The third-order valence-electron chi connectivity index (χ3n) is 2.64. The summed E-state index contributed by atoms with van der Waals surface area (Å²) in [7, 11) is 0. The molecule has 1 saturated heterocycles. The highest BCUT2D eigenvalue weighted by molar-refractivity contribution is 5.22. The second kappa shape index (κ2) is 3.75. The Hall–Kier alpha value is -1.20. The van der Waals surface area contributed by atoms with Crippen molar-refractivity contribution in [1.29, 1.82) is 0 Å². The van der Waals surface area contributed by atoms with Crippen molar-refractivity contribution in [2.24, 2.45) is 0 Å². The molecule has 0 aliphatic carbocycles. The largest absolute Gasteiger partial charge is 0.389 e. The van der Waals surface area contributed by atoms with Crippen LogP contribution in [0.5, 0.6) is 0 Å². The summed E-state index contributed by atoms with van der Waals surface area (Å²) in [5.74, 6) is 0.437. The zero-order valence-electron chi connectivity index (χ0n) is 8.85. The second-order valence-corrected chi connectivity index (χ2v) is 4.39. The number of nitrogens with zero attached hydrogens (tertiary/aromatic N) is 3. The first-order chi connectivity index (χ1) is 7.05. The number of β-amino-alcohol motifs (C(OH)–C–C–N with tert-alkyl or cyclic N) is 1. The van der Waals surface area contributed by atoms with E-state index in [1.54, 1.807) is 12.4 Å². The van der Waals surface area contributed by atoms with Crippen LogP contribution in [-0.2, 0) is 6.54 Å². The standard InChI is InChI=1S/C10H16N4O/c1-10(15)2-3-14(7-10)6-8-4-13-9(11)5-12-8/h4-5,15H,2-3,6-7H2,1H3,(H2,11,13). The molecule has 0 aromatic carbocycles. The van der Waals surface area contributed by atoms with Crippen molar-refractivity contribution >= 4 is 5.82 Å². The van der Waals surface area contributed by atoms with E-state index in [2.05, 4.69) is 14.9 Å². The van der Waals surface area contributed by atoms with Crippen LogP contribution in [-0.4, -0.2) is 38.7 Å². The molecule has 15 heavy (non-hydrogen) atoms. The van der Waals surface area contributed by atoms with Crippen LogP contribution in [0, 0.1) is 0 Å². The van der Waals surface area contributed by atoms with Crippen molar-refractivity contribution in [2.45, 2.75) is 25.5 Å². The van der Waals surface area contributed by atoms with E-state index in [0.717, 1.165) is 25.2 Å². The number of rotatable bonds is 2. The van der Waals surface area contributed by atoms with Gasteiger partial charge in [0.1, 0.15) is 5.82 Å². The summed E-state index contributed by atoms with van der Waals surface area (Å²) in [5, 5.41) is 9.79. The van der Waals surface area contributed by atoms with E-state index in [9.17, 15) is 5.11 Å². The quantitative estimate of drug-likeness (QED) is 0.716. The van der Waals surface area contributed by atoms with Gasteiger partial charge in [0.05, 0.1) is 23.7 Å². The number of hydrogen-bond acceptors (Lipinski definition) is 5. The third-order valence-corrected chi connectivity index (χ3v) is 2.64. The predicted molar refractivity (Wildman–Crippen MR) is 57.0 cm³/mol. The number of anilines is 1. The van der Waals surface area contributed by atoms with Crippen molar-refractivity contribution < 1.29 is 5.11 Å². The highest BCUT2D eigenvalue weighted by Crippen LogP contribution is 2.21. The number of aromatic nitrogens is 2. The van der Waals surface area contributed by atoms with Gasteiger partial charge in [-0.2, -0.15) is 0 Å². The molecule has 0 spiro atoms. The third kappa shape index (κ3) is 2.64. The highest BCUT2D eigenvalue weighted by atomic mass is 16.3. The molecule has 2 rings (SSSR count). The Kier molecular flexibility index (Phi) is 2.58. The minimum atomic E-state index is -0.554. The molecular formula is C10H16N4O. The van der Waals surface area contributed by atoms with Crippen LogP contribution in [0.4, 0.5) is 5.82 Å². The Labute approximate surface area is 88.9 Å². The van der Waals surface area contributed by atoms with Crippen LogP contribution in [0.25, 0.3) is 0 Å². The van der Waals surface area contributed by atoms with Crippen molar-refractivity contribution in [2.75, 3.05) is 18.8 Å². The molecule has 1 aromatic rings. The molecule has 2 heterocycles. The number of hydrogen-bond donors (Lipinski definition) is 2. The number of nitrogens with two attached hydrogens (primary N) is 1. The molecule has 3 N–H and O–H groups in total. The first-order valence-corrected chi connectivity index (χ1v) is 5.06.